The second-order valence-corrected chi connectivity index (χ2v) is 13.0. The summed E-state index contributed by atoms with van der Waals surface area (Å²) in [6.07, 6.45) is 0. The van der Waals surface area contributed by atoms with Crippen LogP contribution in [0.15, 0.2) is 217 Å². The zero-order chi connectivity index (χ0) is 34.7. The highest BCUT2D eigenvalue weighted by atomic mass is 16.3. The summed E-state index contributed by atoms with van der Waals surface area (Å²) in [5, 5.41) is 1.12. The molecule has 0 fully saturated rings. The van der Waals surface area contributed by atoms with Gasteiger partial charge in [-0.1, -0.05) is 164 Å². The lowest BCUT2D eigenvalue weighted by atomic mass is 9.95. The molecule has 8 aromatic carbocycles. The standard InChI is InChI=1S/C50H35NO/c1-4-13-36(14-5-1)38-27-31-45(32-28-38)51(44-19-8-3-9-20-44)46-33-29-39(30-34-46)37-23-25-40(26-24-37)42-17-12-18-43(35-42)50-49(41-15-6-2-7-16-41)47-21-10-11-22-48(47)52-50/h1-35H. The van der Waals surface area contributed by atoms with E-state index in [1.54, 1.807) is 0 Å². The molecule has 0 atom stereocenters. The molecule has 0 aliphatic heterocycles. The molecule has 9 aromatic rings. The highest BCUT2D eigenvalue weighted by Crippen LogP contribution is 2.42. The van der Waals surface area contributed by atoms with E-state index in [1.165, 1.54) is 22.3 Å². The summed E-state index contributed by atoms with van der Waals surface area (Å²) in [6, 6.07) is 75.0. The van der Waals surface area contributed by atoms with Crippen molar-refractivity contribution in [2.45, 2.75) is 0 Å². The maximum atomic E-state index is 6.51. The van der Waals surface area contributed by atoms with E-state index < -0.39 is 0 Å². The van der Waals surface area contributed by atoms with Crippen LogP contribution in [0.25, 0.3) is 66.8 Å². The molecule has 0 spiro atoms. The number of para-hydroxylation sites is 2. The average molecular weight is 666 g/mol. The van der Waals surface area contributed by atoms with Crippen LogP contribution in [0.2, 0.25) is 0 Å². The van der Waals surface area contributed by atoms with Gasteiger partial charge in [-0.3, -0.25) is 0 Å². The molecule has 0 aliphatic carbocycles. The van der Waals surface area contributed by atoms with Gasteiger partial charge in [0.2, 0.25) is 0 Å². The van der Waals surface area contributed by atoms with Crippen LogP contribution in [-0.4, -0.2) is 0 Å². The summed E-state index contributed by atoms with van der Waals surface area (Å²) in [5.41, 5.74) is 14.6. The number of benzene rings is 8. The molecule has 0 amide bonds. The Hall–Kier alpha value is -6.90. The highest BCUT2D eigenvalue weighted by Gasteiger charge is 2.18. The lowest BCUT2D eigenvalue weighted by Crippen LogP contribution is -2.09. The maximum Gasteiger partial charge on any atom is 0.143 e. The average Bonchev–Trinajstić information content (AvgIpc) is 3.63. The Morgan fingerprint density at radius 2 is 0.692 bits per heavy atom. The molecule has 0 saturated heterocycles. The molecule has 2 nitrogen and oxygen atoms in total. The van der Waals surface area contributed by atoms with Crippen molar-refractivity contribution in [1.82, 2.24) is 0 Å². The first kappa shape index (κ1) is 31.1. The van der Waals surface area contributed by atoms with Gasteiger partial charge >= 0.3 is 0 Å². The third kappa shape index (κ3) is 6.08. The normalized spacial score (nSPS) is 11.1. The Morgan fingerprint density at radius 1 is 0.288 bits per heavy atom. The minimum Gasteiger partial charge on any atom is -0.455 e. The molecule has 9 rings (SSSR count). The predicted molar refractivity (Wildman–Crippen MR) is 218 cm³/mol. The van der Waals surface area contributed by atoms with Crippen LogP contribution in [-0.2, 0) is 0 Å². The lowest BCUT2D eigenvalue weighted by molar-refractivity contribution is 0.632. The topological polar surface area (TPSA) is 16.4 Å². The number of furan rings is 1. The van der Waals surface area contributed by atoms with Gasteiger partial charge in [0.1, 0.15) is 11.3 Å². The molecular formula is C50H35NO. The van der Waals surface area contributed by atoms with E-state index in [2.05, 4.69) is 205 Å². The Morgan fingerprint density at radius 3 is 1.29 bits per heavy atom. The van der Waals surface area contributed by atoms with Crippen molar-refractivity contribution < 1.29 is 4.42 Å². The smallest absolute Gasteiger partial charge is 0.143 e. The van der Waals surface area contributed by atoms with Crippen molar-refractivity contribution in [2.75, 3.05) is 4.90 Å². The summed E-state index contributed by atoms with van der Waals surface area (Å²) in [5.74, 6) is 0.891. The van der Waals surface area contributed by atoms with Gasteiger partial charge in [-0.25, -0.2) is 0 Å². The summed E-state index contributed by atoms with van der Waals surface area (Å²) in [6.45, 7) is 0. The largest absolute Gasteiger partial charge is 0.455 e. The quantitative estimate of drug-likeness (QED) is 0.161. The molecule has 1 heterocycles. The number of rotatable bonds is 8. The van der Waals surface area contributed by atoms with Crippen molar-refractivity contribution in [3.8, 4) is 55.8 Å². The van der Waals surface area contributed by atoms with Crippen molar-refractivity contribution in [1.29, 1.82) is 0 Å². The maximum absolute atomic E-state index is 6.51. The third-order valence-electron chi connectivity index (χ3n) is 9.71. The van der Waals surface area contributed by atoms with Crippen molar-refractivity contribution >= 4 is 28.0 Å². The molecule has 246 valence electrons. The van der Waals surface area contributed by atoms with Gasteiger partial charge in [0.15, 0.2) is 0 Å². The van der Waals surface area contributed by atoms with E-state index in [0.29, 0.717) is 0 Å². The lowest BCUT2D eigenvalue weighted by Gasteiger charge is -2.26. The second-order valence-electron chi connectivity index (χ2n) is 13.0. The van der Waals surface area contributed by atoms with Crippen molar-refractivity contribution in [2.24, 2.45) is 0 Å². The number of anilines is 3. The van der Waals surface area contributed by atoms with Crippen LogP contribution in [0.3, 0.4) is 0 Å². The van der Waals surface area contributed by atoms with Gasteiger partial charge in [0.05, 0.1) is 0 Å². The molecule has 0 bridgehead atoms. The molecular weight excluding hydrogens is 631 g/mol. The van der Waals surface area contributed by atoms with E-state index in [-0.39, 0.29) is 0 Å². The summed E-state index contributed by atoms with van der Waals surface area (Å²) in [4.78, 5) is 2.31. The zero-order valence-electron chi connectivity index (χ0n) is 28.6. The van der Waals surface area contributed by atoms with Crippen molar-refractivity contribution in [3.05, 3.63) is 212 Å². The molecule has 0 unspecified atom stereocenters. The van der Waals surface area contributed by atoms with Gasteiger partial charge in [-0.2, -0.15) is 0 Å². The fourth-order valence-corrected chi connectivity index (χ4v) is 7.10. The first-order valence-corrected chi connectivity index (χ1v) is 17.7. The summed E-state index contributed by atoms with van der Waals surface area (Å²) in [7, 11) is 0. The number of nitrogens with zero attached hydrogens (tertiary/aromatic N) is 1. The van der Waals surface area contributed by atoms with Gasteiger partial charge < -0.3 is 9.32 Å². The Balaban J connectivity index is 0.998. The second kappa shape index (κ2) is 13.8. The summed E-state index contributed by atoms with van der Waals surface area (Å²) >= 11 is 0. The van der Waals surface area contributed by atoms with Gasteiger partial charge in [0.25, 0.3) is 0 Å². The molecule has 0 N–H and O–H groups in total. The SMILES string of the molecule is c1ccc(-c2ccc(N(c3ccccc3)c3ccc(-c4ccc(-c5cccc(-c6oc7ccccc7c6-c6ccccc6)c5)cc4)cc3)cc2)cc1. The first-order chi connectivity index (χ1) is 25.8. The highest BCUT2D eigenvalue weighted by molar-refractivity contribution is 6.02. The van der Waals surface area contributed by atoms with Crippen molar-refractivity contribution in [3.63, 3.8) is 0 Å². The van der Waals surface area contributed by atoms with E-state index in [4.69, 9.17) is 4.42 Å². The molecule has 0 aliphatic rings. The van der Waals surface area contributed by atoms with Gasteiger partial charge in [0, 0.05) is 33.6 Å². The van der Waals surface area contributed by atoms with Crippen LogP contribution in [0.5, 0.6) is 0 Å². The van der Waals surface area contributed by atoms with Gasteiger partial charge in [-0.15, -0.1) is 0 Å². The van der Waals surface area contributed by atoms with Crippen LogP contribution < -0.4 is 4.90 Å². The van der Waals surface area contributed by atoms with E-state index >= 15 is 0 Å². The Kier molecular flexibility index (Phi) is 8.24. The van der Waals surface area contributed by atoms with Crippen LogP contribution in [0.1, 0.15) is 0 Å². The van der Waals surface area contributed by atoms with Crippen LogP contribution >= 0.6 is 0 Å². The molecule has 0 saturated carbocycles. The molecule has 1 aromatic heterocycles. The molecule has 52 heavy (non-hydrogen) atoms. The Bertz CT molecular complexity index is 2570. The Labute approximate surface area is 304 Å². The van der Waals surface area contributed by atoms with Crippen LogP contribution in [0, 0.1) is 0 Å². The predicted octanol–water partition coefficient (Wildman–Crippen LogP) is 14.2. The fraction of sp³-hybridized carbons (Fsp3) is 0. The first-order valence-electron chi connectivity index (χ1n) is 17.7. The number of hydrogen-bond acceptors (Lipinski definition) is 2. The number of fused-ring (bicyclic) bond motifs is 1. The third-order valence-corrected chi connectivity index (χ3v) is 9.71. The van der Waals surface area contributed by atoms with E-state index in [0.717, 1.165) is 61.6 Å². The molecule has 0 radical (unpaired) electrons. The van der Waals surface area contributed by atoms with E-state index in [1.807, 2.05) is 12.1 Å². The minimum absolute atomic E-state index is 0.891. The molecule has 2 heteroatoms. The fourth-order valence-electron chi connectivity index (χ4n) is 7.10. The van der Waals surface area contributed by atoms with E-state index in [9.17, 15) is 0 Å². The monoisotopic (exact) mass is 665 g/mol. The summed E-state index contributed by atoms with van der Waals surface area (Å²) < 4.78 is 6.51. The number of hydrogen-bond donors (Lipinski definition) is 0. The van der Waals surface area contributed by atoms with Gasteiger partial charge in [-0.05, 0) is 87.5 Å². The van der Waals surface area contributed by atoms with Crippen LogP contribution in [0.4, 0.5) is 17.1 Å². The zero-order valence-corrected chi connectivity index (χ0v) is 28.6. The minimum atomic E-state index is 0.891.